The number of hydrogen-bond acceptors (Lipinski definition) is 3. The van der Waals surface area contributed by atoms with E-state index in [1.165, 1.54) is 0 Å². The summed E-state index contributed by atoms with van der Waals surface area (Å²) >= 11 is 0. The van der Waals surface area contributed by atoms with Crippen molar-refractivity contribution in [2.45, 2.75) is 12.8 Å². The summed E-state index contributed by atoms with van der Waals surface area (Å²) in [4.78, 5) is 15.2. The molecule has 0 saturated heterocycles. The van der Waals surface area contributed by atoms with E-state index in [0.29, 0.717) is 0 Å². The molecule has 72 valence electrons. The normalized spacial score (nSPS) is 15.7. The Balaban J connectivity index is 1.85. The van der Waals surface area contributed by atoms with E-state index in [0.717, 1.165) is 18.5 Å². The van der Waals surface area contributed by atoms with Crippen LogP contribution in [0.5, 0.6) is 0 Å². The number of carbonyl (C=O) groups is 1. The molecule has 0 atom stereocenters. The highest BCUT2D eigenvalue weighted by molar-refractivity contribution is 5.83. The summed E-state index contributed by atoms with van der Waals surface area (Å²) in [7, 11) is 0. The van der Waals surface area contributed by atoms with Gasteiger partial charge in [0, 0.05) is 12.1 Å². The van der Waals surface area contributed by atoms with Crippen molar-refractivity contribution in [1.29, 1.82) is 0 Å². The van der Waals surface area contributed by atoms with E-state index in [9.17, 15) is 4.79 Å². The topological polar surface area (TPSA) is 54.4 Å². The van der Waals surface area contributed by atoms with Crippen LogP contribution in [0.25, 0.3) is 0 Å². The van der Waals surface area contributed by atoms with Crippen molar-refractivity contribution in [1.82, 2.24) is 10.4 Å². The Morgan fingerprint density at radius 2 is 2.43 bits per heavy atom. The SMILES string of the molecule is O=C(NN=Cc1ccccn1)C1CC1. The van der Waals surface area contributed by atoms with Crippen LogP contribution >= 0.6 is 0 Å². The molecule has 0 bridgehead atoms. The average molecular weight is 189 g/mol. The smallest absolute Gasteiger partial charge is 0.243 e. The lowest BCUT2D eigenvalue weighted by Crippen LogP contribution is -2.19. The van der Waals surface area contributed by atoms with Gasteiger partial charge in [-0.05, 0) is 25.0 Å². The number of carbonyl (C=O) groups excluding carboxylic acids is 1. The predicted octanol–water partition coefficient (Wildman–Crippen LogP) is 0.942. The van der Waals surface area contributed by atoms with Crippen LogP contribution in [0.2, 0.25) is 0 Å². The fourth-order valence-corrected chi connectivity index (χ4v) is 1.05. The zero-order valence-corrected chi connectivity index (χ0v) is 7.68. The second-order valence-electron chi connectivity index (χ2n) is 3.26. The van der Waals surface area contributed by atoms with Crippen LogP contribution in [-0.2, 0) is 4.79 Å². The third kappa shape index (κ3) is 2.39. The summed E-state index contributed by atoms with van der Waals surface area (Å²) in [6.45, 7) is 0. The molecule has 1 saturated carbocycles. The first-order valence-corrected chi connectivity index (χ1v) is 4.60. The summed E-state index contributed by atoms with van der Waals surface area (Å²) in [6, 6.07) is 5.53. The Labute approximate surface area is 82.0 Å². The van der Waals surface area contributed by atoms with E-state index in [2.05, 4.69) is 15.5 Å². The van der Waals surface area contributed by atoms with Gasteiger partial charge in [-0.15, -0.1) is 0 Å². The Morgan fingerprint density at radius 3 is 3.07 bits per heavy atom. The number of rotatable bonds is 3. The molecule has 4 heteroatoms. The highest BCUT2D eigenvalue weighted by Gasteiger charge is 2.29. The van der Waals surface area contributed by atoms with E-state index in [4.69, 9.17) is 0 Å². The largest absolute Gasteiger partial charge is 0.273 e. The van der Waals surface area contributed by atoms with Crippen molar-refractivity contribution in [3.05, 3.63) is 30.1 Å². The Morgan fingerprint density at radius 1 is 1.57 bits per heavy atom. The third-order valence-corrected chi connectivity index (χ3v) is 2.01. The monoisotopic (exact) mass is 189 g/mol. The fraction of sp³-hybridized carbons (Fsp3) is 0.300. The van der Waals surface area contributed by atoms with Gasteiger partial charge < -0.3 is 0 Å². The lowest BCUT2D eigenvalue weighted by molar-refractivity contribution is -0.122. The maximum atomic E-state index is 11.2. The summed E-state index contributed by atoms with van der Waals surface area (Å²) in [5.41, 5.74) is 3.22. The first kappa shape index (κ1) is 8.87. The Kier molecular flexibility index (Phi) is 2.53. The summed E-state index contributed by atoms with van der Waals surface area (Å²) in [5, 5.41) is 3.82. The minimum Gasteiger partial charge on any atom is -0.273 e. The van der Waals surface area contributed by atoms with Gasteiger partial charge in [0.1, 0.15) is 0 Å². The molecule has 1 N–H and O–H groups in total. The van der Waals surface area contributed by atoms with Gasteiger partial charge >= 0.3 is 0 Å². The minimum absolute atomic E-state index is 0.0113. The average Bonchev–Trinajstić information content (AvgIpc) is 3.02. The first-order chi connectivity index (χ1) is 6.86. The zero-order chi connectivity index (χ0) is 9.80. The van der Waals surface area contributed by atoms with Gasteiger partial charge in [-0.1, -0.05) is 6.07 Å². The van der Waals surface area contributed by atoms with Crippen LogP contribution < -0.4 is 5.43 Å². The molecular formula is C10H11N3O. The fourth-order valence-electron chi connectivity index (χ4n) is 1.05. The molecule has 1 aliphatic carbocycles. The van der Waals surface area contributed by atoms with Crippen LogP contribution in [0, 0.1) is 5.92 Å². The second kappa shape index (κ2) is 4.00. The molecule has 2 rings (SSSR count). The molecule has 1 fully saturated rings. The predicted molar refractivity (Wildman–Crippen MR) is 52.7 cm³/mol. The van der Waals surface area contributed by atoms with Crippen LogP contribution in [0.15, 0.2) is 29.5 Å². The van der Waals surface area contributed by atoms with Gasteiger partial charge in [0.2, 0.25) is 5.91 Å². The maximum absolute atomic E-state index is 11.2. The van der Waals surface area contributed by atoms with E-state index in [-0.39, 0.29) is 11.8 Å². The Bertz CT molecular complexity index is 344. The van der Waals surface area contributed by atoms with Gasteiger partial charge in [0.25, 0.3) is 0 Å². The Hall–Kier alpha value is -1.71. The first-order valence-electron chi connectivity index (χ1n) is 4.60. The van der Waals surface area contributed by atoms with Crippen LogP contribution in [-0.4, -0.2) is 17.1 Å². The van der Waals surface area contributed by atoms with E-state index >= 15 is 0 Å². The van der Waals surface area contributed by atoms with Crippen molar-refractivity contribution in [2.24, 2.45) is 11.0 Å². The van der Waals surface area contributed by atoms with Crippen molar-refractivity contribution in [3.63, 3.8) is 0 Å². The maximum Gasteiger partial charge on any atom is 0.243 e. The summed E-state index contributed by atoms with van der Waals surface area (Å²) in [5.74, 6) is 0.202. The molecule has 0 unspecified atom stereocenters. The summed E-state index contributed by atoms with van der Waals surface area (Å²) < 4.78 is 0. The van der Waals surface area contributed by atoms with Crippen molar-refractivity contribution in [2.75, 3.05) is 0 Å². The quantitative estimate of drug-likeness (QED) is 0.568. The zero-order valence-electron chi connectivity index (χ0n) is 7.68. The number of amides is 1. The van der Waals surface area contributed by atoms with E-state index in [1.807, 2.05) is 18.2 Å². The number of nitrogens with one attached hydrogen (secondary N) is 1. The lowest BCUT2D eigenvalue weighted by atomic mass is 10.4. The second-order valence-corrected chi connectivity index (χ2v) is 3.26. The van der Waals surface area contributed by atoms with Crippen molar-refractivity contribution in [3.8, 4) is 0 Å². The molecule has 0 aromatic carbocycles. The number of pyridine rings is 1. The number of nitrogens with zero attached hydrogens (tertiary/aromatic N) is 2. The molecule has 4 nitrogen and oxygen atoms in total. The number of hydrazone groups is 1. The van der Waals surface area contributed by atoms with Crippen LogP contribution in [0.3, 0.4) is 0 Å². The summed E-state index contributed by atoms with van der Waals surface area (Å²) in [6.07, 6.45) is 5.21. The lowest BCUT2D eigenvalue weighted by Gasteiger charge is -1.94. The molecule has 0 radical (unpaired) electrons. The molecule has 1 aromatic heterocycles. The van der Waals surface area contributed by atoms with E-state index in [1.54, 1.807) is 12.4 Å². The van der Waals surface area contributed by atoms with Crippen LogP contribution in [0.4, 0.5) is 0 Å². The molecule has 14 heavy (non-hydrogen) atoms. The third-order valence-electron chi connectivity index (χ3n) is 2.01. The van der Waals surface area contributed by atoms with Gasteiger partial charge in [-0.2, -0.15) is 5.10 Å². The van der Waals surface area contributed by atoms with Gasteiger partial charge in [0.15, 0.2) is 0 Å². The van der Waals surface area contributed by atoms with Crippen molar-refractivity contribution < 1.29 is 4.79 Å². The molecule has 0 spiro atoms. The molecule has 1 heterocycles. The van der Waals surface area contributed by atoms with Gasteiger partial charge in [-0.25, -0.2) is 5.43 Å². The molecule has 1 aliphatic rings. The molecule has 0 aliphatic heterocycles. The molecule has 1 aromatic rings. The number of hydrogen-bond donors (Lipinski definition) is 1. The standard InChI is InChI=1S/C10H11N3O/c14-10(8-4-5-8)13-12-7-9-3-1-2-6-11-9/h1-3,6-8H,4-5H2,(H,13,14). The highest BCUT2D eigenvalue weighted by atomic mass is 16.2. The van der Waals surface area contributed by atoms with Crippen molar-refractivity contribution >= 4 is 12.1 Å². The van der Waals surface area contributed by atoms with Crippen LogP contribution in [0.1, 0.15) is 18.5 Å². The van der Waals surface area contributed by atoms with Gasteiger partial charge in [0.05, 0.1) is 11.9 Å². The van der Waals surface area contributed by atoms with E-state index < -0.39 is 0 Å². The number of aromatic nitrogens is 1. The molecular weight excluding hydrogens is 178 g/mol. The van der Waals surface area contributed by atoms with Gasteiger partial charge in [-0.3, -0.25) is 9.78 Å². The molecule has 1 amide bonds. The minimum atomic E-state index is 0.0113. The highest BCUT2D eigenvalue weighted by Crippen LogP contribution is 2.28.